The SMILES string of the molecule is Cc1ccc(-c2nc(C3=C(O)CN(c4ccc(Nc5ccccc5)cc4)C3=N)sc2C)cc1. The molecule has 0 bridgehead atoms. The van der Waals surface area contributed by atoms with Crippen LogP contribution in [-0.2, 0) is 0 Å². The molecule has 0 unspecified atom stereocenters. The molecule has 6 heteroatoms. The number of aryl methyl sites for hydroxylation is 2. The van der Waals surface area contributed by atoms with Gasteiger partial charge in [-0.05, 0) is 50.2 Å². The number of aromatic nitrogens is 1. The molecule has 0 aliphatic carbocycles. The summed E-state index contributed by atoms with van der Waals surface area (Å²) in [5, 5.41) is 23.6. The molecule has 0 radical (unpaired) electrons. The van der Waals surface area contributed by atoms with Crippen molar-refractivity contribution in [2.24, 2.45) is 0 Å². The van der Waals surface area contributed by atoms with E-state index in [1.807, 2.05) is 61.5 Å². The standard InChI is InChI=1S/C27H24N4OS/c1-17-8-10-19(11-9-17)25-18(2)33-27(30-25)24-23(32)16-31(26(24)28)22-14-12-21(13-15-22)29-20-6-4-3-5-7-20/h3-15,28-29,32H,16H2,1-2H3. The topological polar surface area (TPSA) is 72.2 Å². The lowest BCUT2D eigenvalue weighted by Gasteiger charge is -2.19. The normalized spacial score (nSPS) is 13.6. The van der Waals surface area contributed by atoms with Gasteiger partial charge in [0.15, 0.2) is 0 Å². The summed E-state index contributed by atoms with van der Waals surface area (Å²) >= 11 is 1.51. The van der Waals surface area contributed by atoms with Crippen molar-refractivity contribution >= 4 is 39.8 Å². The van der Waals surface area contributed by atoms with E-state index >= 15 is 0 Å². The number of aliphatic hydroxyl groups excluding tert-OH is 1. The number of rotatable bonds is 5. The number of nitrogens with one attached hydrogen (secondary N) is 2. The first-order valence-corrected chi connectivity index (χ1v) is 11.6. The van der Waals surface area contributed by atoms with E-state index in [0.29, 0.717) is 10.6 Å². The van der Waals surface area contributed by atoms with Gasteiger partial charge in [0.25, 0.3) is 0 Å². The quantitative estimate of drug-likeness (QED) is 0.307. The Morgan fingerprint density at radius 3 is 2.27 bits per heavy atom. The second kappa shape index (κ2) is 8.56. The fraction of sp³-hybridized carbons (Fsp3) is 0.111. The molecule has 2 heterocycles. The zero-order chi connectivity index (χ0) is 22.9. The van der Waals surface area contributed by atoms with Gasteiger partial charge in [-0.3, -0.25) is 5.41 Å². The number of para-hydroxylation sites is 1. The molecule has 33 heavy (non-hydrogen) atoms. The van der Waals surface area contributed by atoms with E-state index in [4.69, 9.17) is 10.4 Å². The van der Waals surface area contributed by atoms with Crippen LogP contribution in [0.2, 0.25) is 0 Å². The fourth-order valence-electron chi connectivity index (χ4n) is 3.92. The summed E-state index contributed by atoms with van der Waals surface area (Å²) in [6.45, 7) is 4.35. The Kier molecular flexibility index (Phi) is 5.44. The molecular weight excluding hydrogens is 428 g/mol. The third-order valence-corrected chi connectivity index (χ3v) is 6.67. The number of benzene rings is 3. The van der Waals surface area contributed by atoms with Crippen molar-refractivity contribution in [3.63, 3.8) is 0 Å². The number of anilines is 3. The van der Waals surface area contributed by atoms with Crippen LogP contribution in [0.5, 0.6) is 0 Å². The van der Waals surface area contributed by atoms with Gasteiger partial charge in [0, 0.05) is 27.5 Å². The van der Waals surface area contributed by atoms with Crippen molar-refractivity contribution in [1.29, 1.82) is 5.41 Å². The minimum atomic E-state index is 0.177. The van der Waals surface area contributed by atoms with Crippen molar-refractivity contribution < 1.29 is 5.11 Å². The Hall–Kier alpha value is -3.90. The Balaban J connectivity index is 1.37. The zero-order valence-electron chi connectivity index (χ0n) is 18.5. The molecule has 0 saturated heterocycles. The van der Waals surface area contributed by atoms with Crippen LogP contribution < -0.4 is 10.2 Å². The molecule has 0 fully saturated rings. The van der Waals surface area contributed by atoms with Crippen molar-refractivity contribution in [3.8, 4) is 11.3 Å². The molecule has 1 aliphatic rings. The molecule has 1 aliphatic heterocycles. The van der Waals surface area contributed by atoms with Gasteiger partial charge < -0.3 is 15.3 Å². The molecule has 5 rings (SSSR count). The first-order chi connectivity index (χ1) is 16.0. The minimum absolute atomic E-state index is 0.177. The summed E-state index contributed by atoms with van der Waals surface area (Å²) in [6, 6.07) is 26.1. The van der Waals surface area contributed by atoms with Gasteiger partial charge >= 0.3 is 0 Å². The average Bonchev–Trinajstić information content (AvgIpc) is 3.34. The summed E-state index contributed by atoms with van der Waals surface area (Å²) in [5.41, 5.74) is 6.49. The summed E-state index contributed by atoms with van der Waals surface area (Å²) in [7, 11) is 0. The van der Waals surface area contributed by atoms with Crippen molar-refractivity contribution in [3.05, 3.63) is 100 Å². The highest BCUT2D eigenvalue weighted by molar-refractivity contribution is 7.13. The van der Waals surface area contributed by atoms with Crippen LogP contribution >= 0.6 is 11.3 Å². The van der Waals surface area contributed by atoms with Crippen molar-refractivity contribution in [2.45, 2.75) is 13.8 Å². The molecule has 3 N–H and O–H groups in total. The average molecular weight is 453 g/mol. The summed E-state index contributed by atoms with van der Waals surface area (Å²) < 4.78 is 0. The molecule has 4 aromatic rings. The predicted octanol–water partition coefficient (Wildman–Crippen LogP) is 6.94. The summed E-state index contributed by atoms with van der Waals surface area (Å²) in [6.07, 6.45) is 0. The lowest BCUT2D eigenvalue weighted by Crippen LogP contribution is -2.25. The molecule has 164 valence electrons. The highest BCUT2D eigenvalue weighted by Gasteiger charge is 2.31. The van der Waals surface area contributed by atoms with Gasteiger partial charge in [0.05, 0.1) is 17.8 Å². The van der Waals surface area contributed by atoms with E-state index in [0.717, 1.165) is 33.2 Å². The Bertz CT molecular complexity index is 1340. The molecule has 0 atom stereocenters. The van der Waals surface area contributed by atoms with E-state index in [2.05, 4.69) is 36.5 Å². The number of thiazole rings is 1. The second-order valence-corrected chi connectivity index (χ2v) is 9.29. The minimum Gasteiger partial charge on any atom is -0.510 e. The van der Waals surface area contributed by atoms with Crippen LogP contribution in [0.15, 0.2) is 84.6 Å². The van der Waals surface area contributed by atoms with Gasteiger partial charge in [0.1, 0.15) is 16.6 Å². The van der Waals surface area contributed by atoms with Gasteiger partial charge in [-0.1, -0.05) is 48.0 Å². The maximum Gasteiger partial charge on any atom is 0.139 e. The Morgan fingerprint density at radius 2 is 1.58 bits per heavy atom. The van der Waals surface area contributed by atoms with Gasteiger partial charge in [-0.15, -0.1) is 11.3 Å². The largest absolute Gasteiger partial charge is 0.510 e. The summed E-state index contributed by atoms with van der Waals surface area (Å²) in [4.78, 5) is 7.68. The van der Waals surface area contributed by atoms with Crippen molar-refractivity contribution in [2.75, 3.05) is 16.8 Å². The number of amidine groups is 1. The third-order valence-electron chi connectivity index (χ3n) is 5.68. The number of hydrogen-bond donors (Lipinski definition) is 3. The second-order valence-electron chi connectivity index (χ2n) is 8.08. The lowest BCUT2D eigenvalue weighted by atomic mass is 10.1. The van der Waals surface area contributed by atoms with E-state index in [9.17, 15) is 5.11 Å². The molecular formula is C27H24N4OS. The van der Waals surface area contributed by atoms with Crippen molar-refractivity contribution in [1.82, 2.24) is 4.98 Å². The first kappa shape index (κ1) is 21.0. The highest BCUT2D eigenvalue weighted by atomic mass is 32.1. The smallest absolute Gasteiger partial charge is 0.139 e. The first-order valence-electron chi connectivity index (χ1n) is 10.7. The number of aliphatic hydroxyl groups is 1. The van der Waals surface area contributed by atoms with Crippen LogP contribution in [0, 0.1) is 19.3 Å². The van der Waals surface area contributed by atoms with Crippen LogP contribution in [0.3, 0.4) is 0 Å². The van der Waals surface area contributed by atoms with Crippen LogP contribution in [-0.4, -0.2) is 22.5 Å². The molecule has 3 aromatic carbocycles. The van der Waals surface area contributed by atoms with E-state index in [1.165, 1.54) is 16.9 Å². The van der Waals surface area contributed by atoms with Crippen LogP contribution in [0.4, 0.5) is 17.1 Å². The highest BCUT2D eigenvalue weighted by Crippen LogP contribution is 2.37. The molecule has 0 spiro atoms. The van der Waals surface area contributed by atoms with Crippen LogP contribution in [0.1, 0.15) is 15.4 Å². The number of nitrogens with zero attached hydrogens (tertiary/aromatic N) is 2. The van der Waals surface area contributed by atoms with Gasteiger partial charge in [-0.25, -0.2) is 4.98 Å². The Morgan fingerprint density at radius 1 is 0.909 bits per heavy atom. The van der Waals surface area contributed by atoms with Gasteiger partial charge in [-0.2, -0.15) is 0 Å². The molecule has 0 saturated carbocycles. The number of hydrogen-bond acceptors (Lipinski definition) is 5. The van der Waals surface area contributed by atoms with E-state index in [-0.39, 0.29) is 18.1 Å². The third kappa shape index (κ3) is 4.13. The lowest BCUT2D eigenvalue weighted by molar-refractivity contribution is 0.411. The maximum absolute atomic E-state index is 10.8. The maximum atomic E-state index is 10.8. The van der Waals surface area contributed by atoms with E-state index in [1.54, 1.807) is 4.90 Å². The fourth-order valence-corrected chi connectivity index (χ4v) is 4.92. The zero-order valence-corrected chi connectivity index (χ0v) is 19.3. The predicted molar refractivity (Wildman–Crippen MR) is 138 cm³/mol. The van der Waals surface area contributed by atoms with E-state index < -0.39 is 0 Å². The monoisotopic (exact) mass is 452 g/mol. The molecule has 0 amide bonds. The molecule has 1 aromatic heterocycles. The van der Waals surface area contributed by atoms with Gasteiger partial charge in [0.2, 0.25) is 0 Å². The Labute approximate surface area is 197 Å². The van der Waals surface area contributed by atoms with Crippen LogP contribution in [0.25, 0.3) is 16.8 Å². The summed E-state index contributed by atoms with van der Waals surface area (Å²) in [5.74, 6) is 0.441. The molecule has 5 nitrogen and oxygen atoms in total.